The molecule has 0 N–H and O–H groups in total. The van der Waals surface area contributed by atoms with E-state index in [-0.39, 0.29) is 11.3 Å². The Morgan fingerprint density at radius 3 is 2.31 bits per heavy atom. The van der Waals surface area contributed by atoms with Crippen molar-refractivity contribution in [2.75, 3.05) is 7.11 Å². The maximum Gasteiger partial charge on any atom is 0.192 e. The summed E-state index contributed by atoms with van der Waals surface area (Å²) in [7, 11) is 1.66. The summed E-state index contributed by atoms with van der Waals surface area (Å²) in [5.74, 6) is 1.68. The van der Waals surface area contributed by atoms with Crippen LogP contribution in [0.4, 0.5) is 0 Å². The molecule has 2 aromatic carbocycles. The van der Waals surface area contributed by atoms with E-state index in [1.165, 1.54) is 0 Å². The Hall–Kier alpha value is -1.98. The lowest BCUT2D eigenvalue weighted by molar-refractivity contribution is 0.415. The van der Waals surface area contributed by atoms with Gasteiger partial charge in [-0.05, 0) is 56.7 Å². The van der Waals surface area contributed by atoms with Crippen LogP contribution < -0.4 is 4.74 Å². The highest BCUT2D eigenvalue weighted by atomic mass is 35.5. The molecule has 0 aliphatic carbocycles. The molecule has 0 aliphatic rings. The van der Waals surface area contributed by atoms with E-state index < -0.39 is 0 Å². The van der Waals surface area contributed by atoms with Crippen molar-refractivity contribution >= 4 is 23.4 Å². The molecule has 1 atom stereocenters. The number of methoxy groups -OCH3 is 1. The van der Waals surface area contributed by atoms with Gasteiger partial charge in [0.05, 0.1) is 7.11 Å². The van der Waals surface area contributed by atoms with Crippen molar-refractivity contribution in [1.29, 1.82) is 0 Å². The van der Waals surface area contributed by atoms with E-state index in [1.807, 2.05) is 42.5 Å². The first-order valence-corrected chi connectivity index (χ1v) is 9.77. The fraction of sp³-hybridized carbons (Fsp3) is 0.300. The van der Waals surface area contributed by atoms with Crippen LogP contribution in [0.2, 0.25) is 5.02 Å². The number of ether oxygens (including phenoxy) is 1. The van der Waals surface area contributed by atoms with Crippen LogP contribution in [0.25, 0.3) is 11.4 Å². The summed E-state index contributed by atoms with van der Waals surface area (Å²) in [6.45, 7) is 6.42. The Kier molecular flexibility index (Phi) is 5.89. The van der Waals surface area contributed by atoms with Gasteiger partial charge in [0.2, 0.25) is 0 Å². The minimum atomic E-state index is 0.175. The zero-order valence-electron chi connectivity index (χ0n) is 15.3. The summed E-state index contributed by atoms with van der Waals surface area (Å²) in [5.41, 5.74) is 2.12. The molecule has 1 heterocycles. The number of aromatic nitrogens is 3. The van der Waals surface area contributed by atoms with Crippen molar-refractivity contribution in [2.24, 2.45) is 0 Å². The van der Waals surface area contributed by atoms with Gasteiger partial charge in [-0.15, -0.1) is 10.2 Å². The maximum absolute atomic E-state index is 6.35. The van der Waals surface area contributed by atoms with Crippen molar-refractivity contribution in [3.05, 3.63) is 59.1 Å². The van der Waals surface area contributed by atoms with Crippen LogP contribution in [0.5, 0.6) is 5.75 Å². The molecule has 136 valence electrons. The summed E-state index contributed by atoms with van der Waals surface area (Å²) in [4.78, 5) is 0. The third-order valence-corrected chi connectivity index (χ3v) is 5.60. The van der Waals surface area contributed by atoms with Gasteiger partial charge in [-0.3, -0.25) is 4.57 Å². The molecule has 0 fully saturated rings. The molecule has 0 unspecified atom stereocenters. The molecule has 3 rings (SSSR count). The highest BCUT2D eigenvalue weighted by Gasteiger charge is 2.20. The van der Waals surface area contributed by atoms with Crippen molar-refractivity contribution in [3.63, 3.8) is 0 Å². The van der Waals surface area contributed by atoms with E-state index in [2.05, 4.69) is 41.6 Å². The molecule has 1 aromatic heterocycles. The number of hydrogen-bond acceptors (Lipinski definition) is 4. The topological polar surface area (TPSA) is 39.9 Å². The van der Waals surface area contributed by atoms with Crippen LogP contribution in [0, 0.1) is 0 Å². The van der Waals surface area contributed by atoms with Crippen molar-refractivity contribution < 1.29 is 4.74 Å². The molecule has 6 heteroatoms. The summed E-state index contributed by atoms with van der Waals surface area (Å²) < 4.78 is 7.41. The van der Waals surface area contributed by atoms with Gasteiger partial charge in [0, 0.05) is 21.9 Å². The van der Waals surface area contributed by atoms with E-state index >= 15 is 0 Å². The number of halogens is 1. The Morgan fingerprint density at radius 2 is 1.69 bits per heavy atom. The second kappa shape index (κ2) is 8.14. The Labute approximate surface area is 163 Å². The van der Waals surface area contributed by atoms with Gasteiger partial charge >= 0.3 is 0 Å². The fourth-order valence-corrected chi connectivity index (χ4v) is 4.30. The van der Waals surface area contributed by atoms with Crippen LogP contribution in [0.3, 0.4) is 0 Å². The third-order valence-electron chi connectivity index (χ3n) is 4.15. The molecule has 3 aromatic rings. The van der Waals surface area contributed by atoms with Crippen LogP contribution in [-0.2, 0) is 0 Å². The van der Waals surface area contributed by atoms with E-state index in [0.717, 1.165) is 32.9 Å². The molecule has 0 amide bonds. The highest BCUT2D eigenvalue weighted by molar-refractivity contribution is 7.99. The summed E-state index contributed by atoms with van der Waals surface area (Å²) in [5, 5.41) is 10.7. The van der Waals surface area contributed by atoms with Gasteiger partial charge in [0.15, 0.2) is 11.0 Å². The quantitative estimate of drug-likeness (QED) is 0.483. The monoisotopic (exact) mass is 387 g/mol. The predicted octanol–water partition coefficient (Wildman–Crippen LogP) is 6.04. The number of rotatable bonds is 6. The Balaban J connectivity index is 1.93. The Morgan fingerprint density at radius 1 is 1.00 bits per heavy atom. The van der Waals surface area contributed by atoms with E-state index in [4.69, 9.17) is 16.3 Å². The molecule has 0 saturated carbocycles. The van der Waals surface area contributed by atoms with Crippen molar-refractivity contribution in [2.45, 2.75) is 37.2 Å². The van der Waals surface area contributed by atoms with E-state index in [1.54, 1.807) is 18.9 Å². The smallest absolute Gasteiger partial charge is 0.192 e. The minimum Gasteiger partial charge on any atom is -0.497 e. The number of benzene rings is 2. The first-order chi connectivity index (χ1) is 12.5. The summed E-state index contributed by atoms with van der Waals surface area (Å²) >= 11 is 8.02. The molecular formula is C20H22ClN3OS. The third kappa shape index (κ3) is 3.89. The van der Waals surface area contributed by atoms with Crippen LogP contribution in [0.1, 0.15) is 37.6 Å². The van der Waals surface area contributed by atoms with Crippen LogP contribution in [0.15, 0.2) is 53.7 Å². The molecule has 0 spiro atoms. The van der Waals surface area contributed by atoms with Gasteiger partial charge in [-0.1, -0.05) is 41.6 Å². The van der Waals surface area contributed by atoms with Gasteiger partial charge in [-0.25, -0.2) is 0 Å². The molecule has 26 heavy (non-hydrogen) atoms. The maximum atomic E-state index is 6.35. The molecule has 4 nitrogen and oxygen atoms in total. The van der Waals surface area contributed by atoms with E-state index in [9.17, 15) is 0 Å². The van der Waals surface area contributed by atoms with Gasteiger partial charge < -0.3 is 4.74 Å². The lowest BCUT2D eigenvalue weighted by atomic mass is 10.2. The largest absolute Gasteiger partial charge is 0.497 e. The van der Waals surface area contributed by atoms with Gasteiger partial charge in [0.1, 0.15) is 5.75 Å². The van der Waals surface area contributed by atoms with Crippen molar-refractivity contribution in [3.8, 4) is 17.1 Å². The van der Waals surface area contributed by atoms with Crippen LogP contribution >= 0.6 is 23.4 Å². The van der Waals surface area contributed by atoms with Gasteiger partial charge in [0.25, 0.3) is 0 Å². The first kappa shape index (κ1) is 18.8. The molecule has 0 saturated heterocycles. The average Bonchev–Trinajstić information content (AvgIpc) is 3.06. The molecular weight excluding hydrogens is 366 g/mol. The van der Waals surface area contributed by atoms with Crippen LogP contribution in [-0.4, -0.2) is 21.9 Å². The minimum absolute atomic E-state index is 0.175. The average molecular weight is 388 g/mol. The summed E-state index contributed by atoms with van der Waals surface area (Å²) in [6.07, 6.45) is 0. The predicted molar refractivity (Wildman–Crippen MR) is 108 cm³/mol. The van der Waals surface area contributed by atoms with Crippen molar-refractivity contribution in [1.82, 2.24) is 14.8 Å². The van der Waals surface area contributed by atoms with Gasteiger partial charge in [-0.2, -0.15) is 0 Å². The first-order valence-electron chi connectivity index (χ1n) is 8.51. The number of thioether (sulfide) groups is 1. The SMILES string of the molecule is COc1ccc(-c2nnc(S[C@@H](C)c3ccccc3Cl)n2C(C)C)cc1. The number of nitrogens with zero attached hydrogens (tertiary/aromatic N) is 3. The molecule has 0 radical (unpaired) electrons. The second-order valence-electron chi connectivity index (χ2n) is 6.28. The zero-order chi connectivity index (χ0) is 18.7. The van der Waals surface area contributed by atoms with E-state index in [0.29, 0.717) is 0 Å². The second-order valence-corrected chi connectivity index (χ2v) is 8.00. The fourth-order valence-electron chi connectivity index (χ4n) is 2.79. The summed E-state index contributed by atoms with van der Waals surface area (Å²) in [6, 6.07) is 16.1. The highest BCUT2D eigenvalue weighted by Crippen LogP contribution is 2.39. The number of hydrogen-bond donors (Lipinski definition) is 0. The standard InChI is InChI=1S/C20H22ClN3OS/c1-13(2)24-19(15-9-11-16(25-4)12-10-15)22-23-20(24)26-14(3)17-7-5-6-8-18(17)21/h5-14H,1-4H3/t14-/m0/s1. The Bertz CT molecular complexity index is 877. The lowest BCUT2D eigenvalue weighted by Gasteiger charge is -2.17. The zero-order valence-corrected chi connectivity index (χ0v) is 16.9. The normalized spacial score (nSPS) is 12.4. The molecule has 0 aliphatic heterocycles. The molecule has 0 bridgehead atoms. The lowest BCUT2D eigenvalue weighted by Crippen LogP contribution is -2.06.